The molecule has 0 aliphatic carbocycles. The molecule has 1 amide bonds. The largest absolute Gasteiger partial charge is 0.357 e. The second-order valence-electron chi connectivity index (χ2n) is 7.76. The number of thiocarbonyl (C=S) groups is 1. The molecule has 0 aromatic carbocycles. The van der Waals surface area contributed by atoms with Gasteiger partial charge in [0.1, 0.15) is 21.8 Å². The maximum Gasteiger partial charge on any atom is 0.270 e. The predicted molar refractivity (Wildman–Crippen MR) is 127 cm³/mol. The molecule has 30 heavy (non-hydrogen) atoms. The van der Waals surface area contributed by atoms with Crippen LogP contribution in [0.3, 0.4) is 0 Å². The summed E-state index contributed by atoms with van der Waals surface area (Å²) in [7, 11) is 0. The highest BCUT2D eigenvalue weighted by Gasteiger charge is 2.35. The summed E-state index contributed by atoms with van der Waals surface area (Å²) in [6.45, 7) is 9.92. The van der Waals surface area contributed by atoms with Gasteiger partial charge in [-0.25, -0.2) is 0 Å². The number of nitriles is 1. The Balaban J connectivity index is 2.22. The van der Waals surface area contributed by atoms with E-state index in [4.69, 9.17) is 12.2 Å². The van der Waals surface area contributed by atoms with E-state index < -0.39 is 0 Å². The van der Waals surface area contributed by atoms with Crippen LogP contribution >= 0.6 is 24.0 Å². The van der Waals surface area contributed by atoms with Gasteiger partial charge < -0.3 is 4.90 Å². The molecule has 8 heteroatoms. The number of hydrogen-bond donors (Lipinski definition) is 0. The van der Waals surface area contributed by atoms with E-state index in [-0.39, 0.29) is 23.1 Å². The number of hydrogen-bond acceptors (Lipinski definition) is 6. The molecule has 3 heterocycles. The van der Waals surface area contributed by atoms with E-state index >= 15 is 0 Å². The molecule has 6 nitrogen and oxygen atoms in total. The van der Waals surface area contributed by atoms with Crippen LogP contribution in [0.4, 0.5) is 5.82 Å². The van der Waals surface area contributed by atoms with Crippen LogP contribution in [0.15, 0.2) is 9.70 Å². The standard InChI is InChI=1S/C22H28N4O2S2/c1-5-14(3)26-21(28)18(30-22(26)29)12-16-15(4)17(13-23)20(27)25(6-2)19(16)24-10-8-7-9-11-24/h12,14H,5-11H2,1-4H3/b18-12-. The molecule has 0 radical (unpaired) electrons. The number of rotatable bonds is 5. The summed E-state index contributed by atoms with van der Waals surface area (Å²) in [5, 5.41) is 9.65. The van der Waals surface area contributed by atoms with Crippen molar-refractivity contribution in [1.29, 1.82) is 5.26 Å². The van der Waals surface area contributed by atoms with Crippen LogP contribution in [-0.4, -0.2) is 38.8 Å². The normalized spacial score (nSPS) is 19.5. The lowest BCUT2D eigenvalue weighted by molar-refractivity contribution is -0.123. The first-order valence-corrected chi connectivity index (χ1v) is 11.8. The number of thioether (sulfide) groups is 1. The first-order valence-electron chi connectivity index (χ1n) is 10.5. The minimum absolute atomic E-state index is 0.0327. The lowest BCUT2D eigenvalue weighted by Crippen LogP contribution is -2.37. The predicted octanol–water partition coefficient (Wildman–Crippen LogP) is 4.04. The molecule has 2 saturated heterocycles. The number of carbonyl (C=O) groups excluding carboxylic acids is 1. The van der Waals surface area contributed by atoms with Gasteiger partial charge in [0.2, 0.25) is 0 Å². The third kappa shape index (κ3) is 3.93. The monoisotopic (exact) mass is 444 g/mol. The Bertz CT molecular complexity index is 1000. The molecule has 1 unspecified atom stereocenters. The minimum Gasteiger partial charge on any atom is -0.357 e. The van der Waals surface area contributed by atoms with Crippen molar-refractivity contribution in [3.63, 3.8) is 0 Å². The molecule has 1 aromatic heterocycles. The van der Waals surface area contributed by atoms with Crippen LogP contribution in [0.5, 0.6) is 0 Å². The summed E-state index contributed by atoms with van der Waals surface area (Å²) in [5.41, 5.74) is 1.28. The van der Waals surface area contributed by atoms with Crippen LogP contribution in [0.25, 0.3) is 6.08 Å². The average Bonchev–Trinajstić information content (AvgIpc) is 3.03. The van der Waals surface area contributed by atoms with E-state index in [9.17, 15) is 14.9 Å². The van der Waals surface area contributed by atoms with E-state index in [0.717, 1.165) is 43.7 Å². The third-order valence-corrected chi connectivity index (χ3v) is 7.28. The van der Waals surface area contributed by atoms with Crippen molar-refractivity contribution in [2.45, 2.75) is 66.0 Å². The van der Waals surface area contributed by atoms with Crippen molar-refractivity contribution in [3.05, 3.63) is 31.9 Å². The zero-order chi connectivity index (χ0) is 22.0. The maximum absolute atomic E-state index is 13.1. The topological polar surface area (TPSA) is 69.3 Å². The van der Waals surface area contributed by atoms with Crippen molar-refractivity contribution < 1.29 is 4.79 Å². The highest BCUT2D eigenvalue weighted by atomic mass is 32.2. The minimum atomic E-state index is -0.262. The van der Waals surface area contributed by atoms with Crippen molar-refractivity contribution in [2.75, 3.05) is 18.0 Å². The van der Waals surface area contributed by atoms with E-state index in [1.807, 2.05) is 26.8 Å². The van der Waals surface area contributed by atoms with Crippen molar-refractivity contribution in [1.82, 2.24) is 9.47 Å². The quantitative estimate of drug-likeness (QED) is 0.504. The van der Waals surface area contributed by atoms with Crippen LogP contribution < -0.4 is 10.5 Å². The zero-order valence-electron chi connectivity index (χ0n) is 18.0. The number of pyridine rings is 1. The van der Waals surface area contributed by atoms with Gasteiger partial charge in [0.15, 0.2) is 0 Å². The Morgan fingerprint density at radius 3 is 2.47 bits per heavy atom. The van der Waals surface area contributed by atoms with E-state index in [0.29, 0.717) is 21.3 Å². The first kappa shape index (κ1) is 22.6. The maximum atomic E-state index is 13.1. The molecule has 2 aliphatic heterocycles. The van der Waals surface area contributed by atoms with E-state index in [2.05, 4.69) is 11.0 Å². The molecule has 3 rings (SSSR count). The molecule has 2 aliphatic rings. The number of carbonyl (C=O) groups is 1. The Hall–Kier alpha value is -2.11. The Morgan fingerprint density at radius 1 is 1.23 bits per heavy atom. The number of piperidine rings is 1. The summed E-state index contributed by atoms with van der Waals surface area (Å²) in [5.74, 6) is 0.712. The van der Waals surface area contributed by atoms with Gasteiger partial charge in [-0.15, -0.1) is 0 Å². The highest BCUT2D eigenvalue weighted by molar-refractivity contribution is 8.26. The summed E-state index contributed by atoms with van der Waals surface area (Å²) < 4.78 is 2.24. The van der Waals surface area contributed by atoms with Gasteiger partial charge in [-0.05, 0) is 58.1 Å². The van der Waals surface area contributed by atoms with Crippen LogP contribution in [0.1, 0.15) is 63.1 Å². The average molecular weight is 445 g/mol. The van der Waals surface area contributed by atoms with Gasteiger partial charge in [-0.2, -0.15) is 5.26 Å². The molecule has 0 N–H and O–H groups in total. The van der Waals surface area contributed by atoms with E-state index in [1.54, 1.807) is 16.4 Å². The SMILES string of the molecule is CCC(C)N1C(=O)/C(=C/c2c(C)c(C#N)c(=O)n(CC)c2N2CCCCC2)SC1=S. The Morgan fingerprint density at radius 2 is 1.90 bits per heavy atom. The molecule has 1 atom stereocenters. The molecule has 0 bridgehead atoms. The fourth-order valence-corrected chi connectivity index (χ4v) is 5.50. The highest BCUT2D eigenvalue weighted by Crippen LogP contribution is 2.37. The lowest BCUT2D eigenvalue weighted by atomic mass is 10.0. The Kier molecular flexibility index (Phi) is 7.04. The Labute approximate surface area is 187 Å². The first-order chi connectivity index (χ1) is 14.3. The van der Waals surface area contributed by atoms with Crippen LogP contribution in [0.2, 0.25) is 0 Å². The lowest BCUT2D eigenvalue weighted by Gasteiger charge is -2.33. The third-order valence-electron chi connectivity index (χ3n) is 5.95. The van der Waals surface area contributed by atoms with Crippen LogP contribution in [0, 0.1) is 18.3 Å². The zero-order valence-corrected chi connectivity index (χ0v) is 19.7. The van der Waals surface area contributed by atoms with Gasteiger partial charge in [-0.1, -0.05) is 30.9 Å². The van der Waals surface area contributed by atoms with Crippen molar-refractivity contribution in [3.8, 4) is 6.07 Å². The molecule has 2 fully saturated rings. The molecule has 160 valence electrons. The van der Waals surface area contributed by atoms with Gasteiger partial charge in [0, 0.05) is 31.2 Å². The molecular weight excluding hydrogens is 416 g/mol. The smallest absolute Gasteiger partial charge is 0.270 e. The molecule has 1 aromatic rings. The van der Waals surface area contributed by atoms with Gasteiger partial charge in [0.05, 0.1) is 4.91 Å². The number of anilines is 1. The summed E-state index contributed by atoms with van der Waals surface area (Å²) in [6, 6.07) is 2.11. The fraction of sp³-hybridized carbons (Fsp3) is 0.545. The molecular formula is C22H28N4O2S2. The van der Waals surface area contributed by atoms with E-state index in [1.165, 1.54) is 18.2 Å². The van der Waals surface area contributed by atoms with Crippen molar-refractivity contribution >= 4 is 46.1 Å². The second-order valence-corrected chi connectivity index (χ2v) is 9.43. The van der Waals surface area contributed by atoms with Crippen molar-refractivity contribution in [2.24, 2.45) is 0 Å². The number of amides is 1. The number of aromatic nitrogens is 1. The molecule has 0 saturated carbocycles. The molecule has 0 spiro atoms. The van der Waals surface area contributed by atoms with Gasteiger partial charge >= 0.3 is 0 Å². The summed E-state index contributed by atoms with van der Waals surface area (Å²) in [6.07, 6.45) is 5.95. The van der Waals surface area contributed by atoms with Crippen LogP contribution in [-0.2, 0) is 11.3 Å². The number of nitrogens with zero attached hydrogens (tertiary/aromatic N) is 4. The van der Waals surface area contributed by atoms with Gasteiger partial charge in [-0.3, -0.25) is 19.1 Å². The summed E-state index contributed by atoms with van der Waals surface area (Å²) >= 11 is 6.77. The second kappa shape index (κ2) is 9.36. The summed E-state index contributed by atoms with van der Waals surface area (Å²) in [4.78, 5) is 30.5. The fourth-order valence-electron chi connectivity index (χ4n) is 4.06. The van der Waals surface area contributed by atoms with Gasteiger partial charge in [0.25, 0.3) is 11.5 Å².